The Labute approximate surface area is 109 Å². The minimum absolute atomic E-state index is 0.143. The smallest absolute Gasteiger partial charge is 0.376 e. The van der Waals surface area contributed by atoms with Gasteiger partial charge in [0.05, 0.1) is 17.7 Å². The molecule has 2 unspecified atom stereocenters. The van der Waals surface area contributed by atoms with Gasteiger partial charge in [-0.2, -0.15) is 13.2 Å². The average molecular weight is 274 g/mol. The van der Waals surface area contributed by atoms with Crippen molar-refractivity contribution in [2.75, 3.05) is 6.61 Å². The first kappa shape index (κ1) is 14.3. The van der Waals surface area contributed by atoms with Crippen molar-refractivity contribution < 1.29 is 17.9 Å². The highest BCUT2D eigenvalue weighted by molar-refractivity contribution is 5.33. The second kappa shape index (κ2) is 5.90. The molecule has 1 aliphatic rings. The van der Waals surface area contributed by atoms with Crippen molar-refractivity contribution in [1.82, 2.24) is 5.43 Å². The van der Waals surface area contributed by atoms with Crippen LogP contribution in [0.5, 0.6) is 0 Å². The molecule has 3 N–H and O–H groups in total. The summed E-state index contributed by atoms with van der Waals surface area (Å²) in [6.45, 7) is 0.566. The molecule has 2 atom stereocenters. The molecule has 1 aromatic carbocycles. The van der Waals surface area contributed by atoms with E-state index in [-0.39, 0.29) is 11.7 Å². The minimum Gasteiger partial charge on any atom is -0.376 e. The molecule has 2 rings (SSSR count). The van der Waals surface area contributed by atoms with Crippen LogP contribution in [0.1, 0.15) is 36.4 Å². The molecule has 6 heteroatoms. The molecule has 106 valence electrons. The van der Waals surface area contributed by atoms with Crippen LogP contribution in [0.4, 0.5) is 13.2 Å². The second-order valence-electron chi connectivity index (χ2n) is 4.63. The Kier molecular flexibility index (Phi) is 4.44. The summed E-state index contributed by atoms with van der Waals surface area (Å²) in [7, 11) is 0. The Balaban J connectivity index is 2.32. The van der Waals surface area contributed by atoms with E-state index >= 15 is 0 Å². The third-order valence-corrected chi connectivity index (χ3v) is 3.37. The largest absolute Gasteiger partial charge is 0.416 e. The Morgan fingerprint density at radius 3 is 2.58 bits per heavy atom. The minimum atomic E-state index is -4.39. The van der Waals surface area contributed by atoms with Gasteiger partial charge in [0.15, 0.2) is 0 Å². The zero-order chi connectivity index (χ0) is 13.9. The maximum absolute atomic E-state index is 13.0. The number of hydrogen-bond acceptors (Lipinski definition) is 3. The van der Waals surface area contributed by atoms with Crippen molar-refractivity contribution >= 4 is 0 Å². The molecule has 0 spiro atoms. The van der Waals surface area contributed by atoms with Crippen molar-refractivity contribution in [2.24, 2.45) is 5.84 Å². The lowest BCUT2D eigenvalue weighted by Crippen LogP contribution is -2.40. The predicted octanol–water partition coefficient (Wildman–Crippen LogP) is 2.78. The van der Waals surface area contributed by atoms with E-state index in [0.29, 0.717) is 13.0 Å². The molecule has 0 bridgehead atoms. The predicted molar refractivity (Wildman–Crippen MR) is 65.1 cm³/mol. The lowest BCUT2D eigenvalue weighted by molar-refractivity contribution is -0.139. The summed E-state index contributed by atoms with van der Waals surface area (Å²) in [6, 6.07) is 4.84. The zero-order valence-corrected chi connectivity index (χ0v) is 10.4. The Morgan fingerprint density at radius 1 is 1.26 bits per heavy atom. The number of nitrogens with two attached hydrogens (primary N) is 1. The van der Waals surface area contributed by atoms with E-state index in [1.165, 1.54) is 12.1 Å². The topological polar surface area (TPSA) is 47.3 Å². The summed E-state index contributed by atoms with van der Waals surface area (Å²) < 4.78 is 44.6. The molecule has 1 aromatic rings. The monoisotopic (exact) mass is 274 g/mol. The molecular weight excluding hydrogens is 257 g/mol. The standard InChI is InChI=1S/C13H17F3N2O/c14-13(15,16)10-6-2-1-5-9(10)12(18-17)11-7-3-4-8-19-11/h1-2,5-6,11-12,18H,3-4,7-8,17H2. The van der Waals surface area contributed by atoms with Crippen LogP contribution in [0.25, 0.3) is 0 Å². The highest BCUT2D eigenvalue weighted by Gasteiger charge is 2.37. The number of hydrazine groups is 1. The van der Waals surface area contributed by atoms with E-state index < -0.39 is 17.8 Å². The van der Waals surface area contributed by atoms with Gasteiger partial charge in [-0.05, 0) is 30.9 Å². The van der Waals surface area contributed by atoms with Gasteiger partial charge in [0.25, 0.3) is 0 Å². The van der Waals surface area contributed by atoms with Crippen molar-refractivity contribution in [2.45, 2.75) is 37.6 Å². The lowest BCUT2D eigenvalue weighted by atomic mass is 9.92. The maximum Gasteiger partial charge on any atom is 0.416 e. The first-order chi connectivity index (χ1) is 9.04. The van der Waals surface area contributed by atoms with E-state index in [0.717, 1.165) is 18.9 Å². The van der Waals surface area contributed by atoms with E-state index in [1.54, 1.807) is 6.07 Å². The van der Waals surface area contributed by atoms with Gasteiger partial charge in [0.1, 0.15) is 0 Å². The van der Waals surface area contributed by atoms with Crippen molar-refractivity contribution in [1.29, 1.82) is 0 Å². The van der Waals surface area contributed by atoms with E-state index in [4.69, 9.17) is 10.6 Å². The van der Waals surface area contributed by atoms with Crippen molar-refractivity contribution in [3.05, 3.63) is 35.4 Å². The number of alkyl halides is 3. The summed E-state index contributed by atoms with van der Waals surface area (Å²) >= 11 is 0. The molecule has 0 aromatic heterocycles. The lowest BCUT2D eigenvalue weighted by Gasteiger charge is -2.31. The third-order valence-electron chi connectivity index (χ3n) is 3.37. The summed E-state index contributed by atoms with van der Waals surface area (Å²) in [5, 5.41) is 0. The number of nitrogens with one attached hydrogen (secondary N) is 1. The van der Waals surface area contributed by atoms with Gasteiger partial charge in [0, 0.05) is 6.61 Å². The van der Waals surface area contributed by atoms with Crippen molar-refractivity contribution in [3.8, 4) is 0 Å². The fourth-order valence-electron chi connectivity index (χ4n) is 2.45. The Bertz CT molecular complexity index is 417. The normalized spacial score (nSPS) is 22.2. The quantitative estimate of drug-likeness (QED) is 0.658. The highest BCUT2D eigenvalue weighted by atomic mass is 19.4. The van der Waals surface area contributed by atoms with Gasteiger partial charge in [-0.25, -0.2) is 0 Å². The van der Waals surface area contributed by atoms with Crippen LogP contribution in [0.2, 0.25) is 0 Å². The van der Waals surface area contributed by atoms with Crippen molar-refractivity contribution in [3.63, 3.8) is 0 Å². The number of benzene rings is 1. The fraction of sp³-hybridized carbons (Fsp3) is 0.538. The van der Waals surface area contributed by atoms with E-state index in [9.17, 15) is 13.2 Å². The molecule has 19 heavy (non-hydrogen) atoms. The molecule has 0 aliphatic carbocycles. The number of rotatable bonds is 3. The maximum atomic E-state index is 13.0. The first-order valence-corrected chi connectivity index (χ1v) is 6.28. The van der Waals surface area contributed by atoms with E-state index in [2.05, 4.69) is 5.43 Å². The number of hydrogen-bond donors (Lipinski definition) is 2. The molecule has 0 radical (unpaired) electrons. The van der Waals surface area contributed by atoms with E-state index in [1.807, 2.05) is 0 Å². The van der Waals surface area contributed by atoms with Crippen LogP contribution in [-0.2, 0) is 10.9 Å². The number of halogens is 3. The first-order valence-electron chi connectivity index (χ1n) is 6.28. The fourth-order valence-corrected chi connectivity index (χ4v) is 2.45. The van der Waals surface area contributed by atoms with Gasteiger partial charge >= 0.3 is 6.18 Å². The van der Waals surface area contributed by atoms with Gasteiger partial charge in [-0.1, -0.05) is 18.2 Å². The summed E-state index contributed by atoms with van der Waals surface area (Å²) in [5.74, 6) is 5.45. The molecule has 0 saturated carbocycles. The van der Waals surface area contributed by atoms with Crippen LogP contribution in [0, 0.1) is 0 Å². The average Bonchev–Trinajstić information content (AvgIpc) is 2.40. The van der Waals surface area contributed by atoms with Crippen LogP contribution in [0.15, 0.2) is 24.3 Å². The number of ether oxygens (including phenoxy) is 1. The van der Waals surface area contributed by atoms with Gasteiger partial charge in [0.2, 0.25) is 0 Å². The Morgan fingerprint density at radius 2 is 2.00 bits per heavy atom. The highest BCUT2D eigenvalue weighted by Crippen LogP contribution is 2.36. The summed E-state index contributed by atoms with van der Waals surface area (Å²) in [5.41, 5.74) is 1.96. The molecule has 1 saturated heterocycles. The Hall–Kier alpha value is -1.11. The van der Waals surface area contributed by atoms with Crippen LogP contribution >= 0.6 is 0 Å². The second-order valence-corrected chi connectivity index (χ2v) is 4.63. The van der Waals surface area contributed by atoms with Crippen LogP contribution < -0.4 is 11.3 Å². The molecule has 3 nitrogen and oxygen atoms in total. The molecule has 1 aliphatic heterocycles. The summed E-state index contributed by atoms with van der Waals surface area (Å²) in [4.78, 5) is 0. The molecule has 1 heterocycles. The molecule has 0 amide bonds. The van der Waals surface area contributed by atoms with Crippen LogP contribution in [-0.4, -0.2) is 12.7 Å². The SMILES string of the molecule is NNC(c1ccccc1C(F)(F)F)C1CCCCO1. The third kappa shape index (κ3) is 3.26. The zero-order valence-electron chi connectivity index (χ0n) is 10.4. The van der Waals surface area contributed by atoms with Gasteiger partial charge < -0.3 is 4.74 Å². The summed E-state index contributed by atoms with van der Waals surface area (Å²) in [6.07, 6.45) is -2.12. The molecular formula is C13H17F3N2O. The van der Waals surface area contributed by atoms with Crippen LogP contribution in [0.3, 0.4) is 0 Å². The van der Waals surface area contributed by atoms with Gasteiger partial charge in [-0.15, -0.1) is 0 Å². The van der Waals surface area contributed by atoms with Gasteiger partial charge in [-0.3, -0.25) is 11.3 Å². The molecule has 1 fully saturated rings.